The lowest BCUT2D eigenvalue weighted by atomic mass is 10.2. The summed E-state index contributed by atoms with van der Waals surface area (Å²) in [5, 5.41) is 11.8. The van der Waals surface area contributed by atoms with Crippen LogP contribution >= 0.6 is 0 Å². The third-order valence-electron chi connectivity index (χ3n) is 2.40. The van der Waals surface area contributed by atoms with Crippen LogP contribution < -0.4 is 5.32 Å². The SMILES string of the molecule is O=C(Nc1cccc(CO)c1)c1ccccc1. The van der Waals surface area contributed by atoms with Crippen LogP contribution in [0.2, 0.25) is 0 Å². The summed E-state index contributed by atoms with van der Waals surface area (Å²) in [7, 11) is 0. The second-order valence-corrected chi connectivity index (χ2v) is 3.68. The molecule has 0 saturated carbocycles. The van der Waals surface area contributed by atoms with Gasteiger partial charge in [-0.2, -0.15) is 0 Å². The highest BCUT2D eigenvalue weighted by Crippen LogP contribution is 2.12. The van der Waals surface area contributed by atoms with E-state index in [0.717, 1.165) is 5.56 Å². The highest BCUT2D eigenvalue weighted by atomic mass is 16.3. The standard InChI is InChI=1S/C14H13NO2/c16-10-11-5-4-8-13(9-11)15-14(17)12-6-2-1-3-7-12/h1-9,16H,10H2,(H,15,17). The molecule has 0 aliphatic rings. The smallest absolute Gasteiger partial charge is 0.255 e. The van der Waals surface area contributed by atoms with E-state index >= 15 is 0 Å². The molecule has 0 atom stereocenters. The number of hydrogen-bond donors (Lipinski definition) is 2. The van der Waals surface area contributed by atoms with Gasteiger partial charge in [0.2, 0.25) is 0 Å². The number of aliphatic hydroxyl groups is 1. The van der Waals surface area contributed by atoms with Crippen LogP contribution in [0, 0.1) is 0 Å². The fourth-order valence-electron chi connectivity index (χ4n) is 1.54. The molecule has 0 aliphatic carbocycles. The summed E-state index contributed by atoms with van der Waals surface area (Å²) in [6.45, 7) is -0.0327. The second kappa shape index (κ2) is 5.27. The van der Waals surface area contributed by atoms with Gasteiger partial charge in [0.25, 0.3) is 5.91 Å². The molecule has 0 unspecified atom stereocenters. The average Bonchev–Trinajstić information content (AvgIpc) is 2.40. The van der Waals surface area contributed by atoms with E-state index in [0.29, 0.717) is 11.3 Å². The predicted octanol–water partition coefficient (Wildman–Crippen LogP) is 2.43. The van der Waals surface area contributed by atoms with E-state index in [1.54, 1.807) is 36.4 Å². The number of anilines is 1. The maximum Gasteiger partial charge on any atom is 0.255 e. The first-order valence-electron chi connectivity index (χ1n) is 5.36. The van der Waals surface area contributed by atoms with Crippen molar-refractivity contribution in [3.8, 4) is 0 Å². The van der Waals surface area contributed by atoms with Crippen molar-refractivity contribution in [1.29, 1.82) is 0 Å². The molecule has 2 N–H and O–H groups in total. The third kappa shape index (κ3) is 2.92. The maximum absolute atomic E-state index is 11.8. The molecule has 2 aromatic rings. The topological polar surface area (TPSA) is 49.3 Å². The highest BCUT2D eigenvalue weighted by Gasteiger charge is 2.04. The van der Waals surface area contributed by atoms with Crippen molar-refractivity contribution in [3.63, 3.8) is 0 Å². The molecule has 2 rings (SSSR count). The Morgan fingerprint density at radius 1 is 1.06 bits per heavy atom. The van der Waals surface area contributed by atoms with Gasteiger partial charge >= 0.3 is 0 Å². The van der Waals surface area contributed by atoms with Gasteiger partial charge in [0.05, 0.1) is 6.61 Å². The second-order valence-electron chi connectivity index (χ2n) is 3.68. The molecule has 3 heteroatoms. The summed E-state index contributed by atoms with van der Waals surface area (Å²) < 4.78 is 0. The van der Waals surface area contributed by atoms with Gasteiger partial charge in [-0.1, -0.05) is 30.3 Å². The Balaban J connectivity index is 2.13. The number of carbonyl (C=O) groups is 1. The summed E-state index contributed by atoms with van der Waals surface area (Å²) in [6, 6.07) is 16.2. The quantitative estimate of drug-likeness (QED) is 0.846. The molecule has 0 heterocycles. The number of nitrogens with one attached hydrogen (secondary N) is 1. The van der Waals surface area contributed by atoms with Crippen molar-refractivity contribution in [1.82, 2.24) is 0 Å². The lowest BCUT2D eigenvalue weighted by Gasteiger charge is -2.06. The van der Waals surface area contributed by atoms with E-state index in [9.17, 15) is 4.79 Å². The largest absolute Gasteiger partial charge is 0.392 e. The van der Waals surface area contributed by atoms with Gasteiger partial charge < -0.3 is 10.4 Å². The Labute approximate surface area is 99.7 Å². The Hall–Kier alpha value is -2.13. The number of amides is 1. The minimum atomic E-state index is -0.152. The van der Waals surface area contributed by atoms with E-state index in [4.69, 9.17) is 5.11 Å². The average molecular weight is 227 g/mol. The zero-order chi connectivity index (χ0) is 12.1. The molecular formula is C14H13NO2. The summed E-state index contributed by atoms with van der Waals surface area (Å²) in [4.78, 5) is 11.8. The van der Waals surface area contributed by atoms with Gasteiger partial charge in [-0.15, -0.1) is 0 Å². The maximum atomic E-state index is 11.8. The molecule has 86 valence electrons. The molecular weight excluding hydrogens is 214 g/mol. The molecule has 0 radical (unpaired) electrons. The molecule has 0 saturated heterocycles. The number of hydrogen-bond acceptors (Lipinski definition) is 2. The normalized spacial score (nSPS) is 9.94. The monoisotopic (exact) mass is 227 g/mol. The summed E-state index contributed by atoms with van der Waals surface area (Å²) >= 11 is 0. The van der Waals surface area contributed by atoms with Gasteiger partial charge in [-0.3, -0.25) is 4.79 Å². The van der Waals surface area contributed by atoms with Crippen molar-refractivity contribution in [2.75, 3.05) is 5.32 Å². The van der Waals surface area contributed by atoms with Crippen molar-refractivity contribution >= 4 is 11.6 Å². The molecule has 0 bridgehead atoms. The minimum Gasteiger partial charge on any atom is -0.392 e. The van der Waals surface area contributed by atoms with Crippen molar-refractivity contribution in [3.05, 3.63) is 65.7 Å². The van der Waals surface area contributed by atoms with Crippen molar-refractivity contribution < 1.29 is 9.90 Å². The van der Waals surface area contributed by atoms with E-state index in [-0.39, 0.29) is 12.5 Å². The van der Waals surface area contributed by atoms with Crippen LogP contribution in [0.4, 0.5) is 5.69 Å². The lowest BCUT2D eigenvalue weighted by Crippen LogP contribution is -2.11. The molecule has 17 heavy (non-hydrogen) atoms. The first-order chi connectivity index (χ1) is 8.29. The fraction of sp³-hybridized carbons (Fsp3) is 0.0714. The third-order valence-corrected chi connectivity index (χ3v) is 2.40. The summed E-state index contributed by atoms with van der Waals surface area (Å²) in [6.07, 6.45) is 0. The Morgan fingerprint density at radius 2 is 1.82 bits per heavy atom. The highest BCUT2D eigenvalue weighted by molar-refractivity contribution is 6.04. The van der Waals surface area contributed by atoms with E-state index in [2.05, 4.69) is 5.32 Å². The number of carbonyl (C=O) groups excluding carboxylic acids is 1. The van der Waals surface area contributed by atoms with E-state index in [1.807, 2.05) is 18.2 Å². The molecule has 0 aliphatic heterocycles. The van der Waals surface area contributed by atoms with E-state index in [1.165, 1.54) is 0 Å². The van der Waals surface area contributed by atoms with Crippen LogP contribution in [0.5, 0.6) is 0 Å². The van der Waals surface area contributed by atoms with Crippen molar-refractivity contribution in [2.45, 2.75) is 6.61 Å². The summed E-state index contributed by atoms with van der Waals surface area (Å²) in [5.41, 5.74) is 2.07. The fourth-order valence-corrected chi connectivity index (χ4v) is 1.54. The Morgan fingerprint density at radius 3 is 2.53 bits per heavy atom. The number of aliphatic hydroxyl groups excluding tert-OH is 1. The van der Waals surface area contributed by atoms with Crippen LogP contribution in [0.25, 0.3) is 0 Å². The van der Waals surface area contributed by atoms with E-state index < -0.39 is 0 Å². The zero-order valence-corrected chi connectivity index (χ0v) is 9.26. The molecule has 0 fully saturated rings. The van der Waals surface area contributed by atoms with Crippen LogP contribution in [0.3, 0.4) is 0 Å². The Kier molecular flexibility index (Phi) is 3.52. The van der Waals surface area contributed by atoms with Crippen molar-refractivity contribution in [2.24, 2.45) is 0 Å². The number of rotatable bonds is 3. The molecule has 2 aromatic carbocycles. The van der Waals surface area contributed by atoms with Gasteiger partial charge in [-0.25, -0.2) is 0 Å². The van der Waals surface area contributed by atoms with Gasteiger partial charge in [0, 0.05) is 11.3 Å². The first kappa shape index (κ1) is 11.4. The Bertz CT molecular complexity index is 509. The zero-order valence-electron chi connectivity index (χ0n) is 9.26. The van der Waals surface area contributed by atoms with Crippen LogP contribution in [-0.4, -0.2) is 11.0 Å². The van der Waals surface area contributed by atoms with Gasteiger partial charge in [-0.05, 0) is 29.8 Å². The predicted molar refractivity (Wildman–Crippen MR) is 66.8 cm³/mol. The van der Waals surface area contributed by atoms with Crippen LogP contribution in [-0.2, 0) is 6.61 Å². The minimum absolute atomic E-state index is 0.0327. The first-order valence-corrected chi connectivity index (χ1v) is 5.36. The number of benzene rings is 2. The summed E-state index contributed by atoms with van der Waals surface area (Å²) in [5.74, 6) is -0.152. The van der Waals surface area contributed by atoms with Crippen LogP contribution in [0.15, 0.2) is 54.6 Å². The lowest BCUT2D eigenvalue weighted by molar-refractivity contribution is 0.102. The molecule has 0 spiro atoms. The van der Waals surface area contributed by atoms with Crippen LogP contribution in [0.1, 0.15) is 15.9 Å². The molecule has 0 aromatic heterocycles. The van der Waals surface area contributed by atoms with Gasteiger partial charge in [0.15, 0.2) is 0 Å². The molecule has 3 nitrogen and oxygen atoms in total. The molecule has 1 amide bonds. The van der Waals surface area contributed by atoms with Gasteiger partial charge in [0.1, 0.15) is 0 Å².